The van der Waals surface area contributed by atoms with Crippen molar-refractivity contribution in [2.24, 2.45) is 5.92 Å². The zero-order valence-electron chi connectivity index (χ0n) is 22.1. The van der Waals surface area contributed by atoms with Crippen LogP contribution in [0.1, 0.15) is 55.5 Å². The molecular formula is C31H34NO5S-. The zero-order chi connectivity index (χ0) is 26.8. The second kappa shape index (κ2) is 11.3. The summed E-state index contributed by atoms with van der Waals surface area (Å²) in [6.07, 6.45) is 0.880. The molecule has 3 aromatic carbocycles. The standard InChI is InChI=1S/C31H35NO5S/c1-20-14-15-32(17-20)21(2)18-36-27-11-8-25(9-12-27)31-30(24-6-4-23(5-7-24)19-38(34)35)22(3)28-16-26(33)10-13-29(28)37-31/h4-13,16,20-21,31,33H,14-15,17-19H2,1-3H3,(H,34,35)/p-1/t20-,21+,31?/m1/s1. The molecule has 0 aliphatic carbocycles. The van der Waals surface area contributed by atoms with Crippen LogP contribution in [0.4, 0.5) is 0 Å². The van der Waals surface area contributed by atoms with Gasteiger partial charge in [-0.2, -0.15) is 0 Å². The summed E-state index contributed by atoms with van der Waals surface area (Å²) >= 11 is -2.14. The molecule has 1 saturated heterocycles. The Bertz CT molecular complexity index is 1340. The monoisotopic (exact) mass is 532 g/mol. The number of hydrogen-bond acceptors (Lipinski definition) is 6. The van der Waals surface area contributed by atoms with Crippen molar-refractivity contribution in [1.82, 2.24) is 4.90 Å². The van der Waals surface area contributed by atoms with Crippen LogP contribution in [-0.4, -0.2) is 44.5 Å². The van der Waals surface area contributed by atoms with Gasteiger partial charge in [0.05, 0.1) is 0 Å². The lowest BCUT2D eigenvalue weighted by molar-refractivity contribution is 0.169. The maximum atomic E-state index is 11.1. The maximum absolute atomic E-state index is 11.1. The summed E-state index contributed by atoms with van der Waals surface area (Å²) in [7, 11) is 0. The minimum absolute atomic E-state index is 0.0220. The highest BCUT2D eigenvalue weighted by atomic mass is 32.2. The van der Waals surface area contributed by atoms with Gasteiger partial charge < -0.3 is 19.1 Å². The molecule has 200 valence electrons. The summed E-state index contributed by atoms with van der Waals surface area (Å²) < 4.78 is 34.9. The van der Waals surface area contributed by atoms with E-state index in [1.54, 1.807) is 18.2 Å². The Morgan fingerprint density at radius 2 is 1.87 bits per heavy atom. The molecule has 0 aromatic heterocycles. The molecule has 0 amide bonds. The van der Waals surface area contributed by atoms with E-state index >= 15 is 0 Å². The highest BCUT2D eigenvalue weighted by molar-refractivity contribution is 7.78. The van der Waals surface area contributed by atoms with Crippen LogP contribution in [0.15, 0.2) is 66.7 Å². The average Bonchev–Trinajstić information content (AvgIpc) is 3.34. The molecule has 2 heterocycles. The molecular weight excluding hydrogens is 498 g/mol. The largest absolute Gasteiger partial charge is 0.772 e. The molecule has 0 saturated carbocycles. The third kappa shape index (κ3) is 5.80. The molecule has 3 aromatic rings. The fraction of sp³-hybridized carbons (Fsp3) is 0.355. The molecule has 6 nitrogen and oxygen atoms in total. The highest BCUT2D eigenvalue weighted by Crippen LogP contribution is 2.47. The first-order valence-corrected chi connectivity index (χ1v) is 14.4. The number of phenolic OH excluding ortho intramolecular Hbond substituents is 1. The van der Waals surface area contributed by atoms with Gasteiger partial charge in [0.2, 0.25) is 0 Å². The fourth-order valence-electron chi connectivity index (χ4n) is 5.39. The van der Waals surface area contributed by atoms with Crippen molar-refractivity contribution in [3.63, 3.8) is 0 Å². The molecule has 7 heteroatoms. The fourth-order valence-corrected chi connectivity index (χ4v) is 5.86. The summed E-state index contributed by atoms with van der Waals surface area (Å²) in [4.78, 5) is 2.49. The second-order valence-electron chi connectivity index (χ2n) is 10.5. The predicted octanol–water partition coefficient (Wildman–Crippen LogP) is 5.94. The smallest absolute Gasteiger partial charge is 0.150 e. The SMILES string of the molecule is CC1=C(c2ccc(CS(=O)[O-])cc2)C(c2ccc(OC[C@H](C)N3CC[C@@H](C)C3)cc2)Oc2ccc(O)cc21. The quantitative estimate of drug-likeness (QED) is 0.361. The lowest BCUT2D eigenvalue weighted by atomic mass is 9.86. The van der Waals surface area contributed by atoms with E-state index in [0.29, 0.717) is 18.4 Å². The first-order chi connectivity index (χ1) is 18.3. The normalized spacial score (nSPS) is 21.1. The molecule has 0 bridgehead atoms. The summed E-state index contributed by atoms with van der Waals surface area (Å²) in [5, 5.41) is 10.1. The van der Waals surface area contributed by atoms with Gasteiger partial charge in [-0.15, -0.1) is 0 Å². The molecule has 0 radical (unpaired) electrons. The van der Waals surface area contributed by atoms with Crippen LogP contribution in [0.2, 0.25) is 0 Å². The molecule has 2 aliphatic heterocycles. The van der Waals surface area contributed by atoms with E-state index in [4.69, 9.17) is 9.47 Å². The van der Waals surface area contributed by atoms with Crippen LogP contribution in [0.3, 0.4) is 0 Å². The van der Waals surface area contributed by atoms with Crippen molar-refractivity contribution in [1.29, 1.82) is 0 Å². The number of benzene rings is 3. The van der Waals surface area contributed by atoms with E-state index in [-0.39, 0.29) is 17.6 Å². The summed E-state index contributed by atoms with van der Waals surface area (Å²) in [6, 6.07) is 21.1. The Balaban J connectivity index is 1.40. The number of aromatic hydroxyl groups is 1. The van der Waals surface area contributed by atoms with Crippen LogP contribution in [0.5, 0.6) is 17.2 Å². The van der Waals surface area contributed by atoms with E-state index in [1.165, 1.54) is 6.42 Å². The number of allylic oxidation sites excluding steroid dienone is 1. The van der Waals surface area contributed by atoms with Crippen LogP contribution >= 0.6 is 0 Å². The number of phenols is 1. The van der Waals surface area contributed by atoms with E-state index in [1.807, 2.05) is 55.5 Å². The molecule has 5 rings (SSSR count). The number of fused-ring (bicyclic) bond motifs is 1. The molecule has 1 N–H and O–H groups in total. The highest BCUT2D eigenvalue weighted by Gasteiger charge is 2.30. The molecule has 2 aliphatic rings. The van der Waals surface area contributed by atoms with E-state index in [0.717, 1.165) is 58.2 Å². The van der Waals surface area contributed by atoms with Gasteiger partial charge in [0.1, 0.15) is 30.0 Å². The molecule has 2 unspecified atom stereocenters. The van der Waals surface area contributed by atoms with E-state index in [9.17, 15) is 13.9 Å². The number of nitrogens with zero attached hydrogens (tertiary/aromatic N) is 1. The van der Waals surface area contributed by atoms with Crippen molar-refractivity contribution < 1.29 is 23.3 Å². The van der Waals surface area contributed by atoms with Gasteiger partial charge in [-0.3, -0.25) is 9.11 Å². The lowest BCUT2D eigenvalue weighted by Gasteiger charge is -2.31. The number of hydrogen-bond donors (Lipinski definition) is 1. The summed E-state index contributed by atoms with van der Waals surface area (Å²) in [5.74, 6) is 2.44. The van der Waals surface area contributed by atoms with Crippen LogP contribution in [-0.2, 0) is 16.8 Å². The molecule has 4 atom stereocenters. The Labute approximate surface area is 227 Å². The number of rotatable bonds is 8. The molecule has 38 heavy (non-hydrogen) atoms. The summed E-state index contributed by atoms with van der Waals surface area (Å²) in [6.45, 7) is 9.46. The lowest BCUT2D eigenvalue weighted by Crippen LogP contribution is -2.35. The van der Waals surface area contributed by atoms with Crippen molar-refractivity contribution in [2.45, 2.75) is 45.1 Å². The maximum Gasteiger partial charge on any atom is 0.150 e. The molecule has 0 spiro atoms. The van der Waals surface area contributed by atoms with Crippen molar-refractivity contribution in [3.05, 3.63) is 89.0 Å². The third-order valence-electron chi connectivity index (χ3n) is 7.58. The van der Waals surface area contributed by atoms with Crippen LogP contribution < -0.4 is 9.47 Å². The van der Waals surface area contributed by atoms with Gasteiger partial charge in [0.25, 0.3) is 0 Å². The van der Waals surface area contributed by atoms with Gasteiger partial charge in [-0.05, 0) is 85.3 Å². The van der Waals surface area contributed by atoms with Gasteiger partial charge in [0.15, 0.2) is 0 Å². The predicted molar refractivity (Wildman–Crippen MR) is 150 cm³/mol. The third-order valence-corrected chi connectivity index (χ3v) is 8.15. The Morgan fingerprint density at radius 1 is 1.13 bits per heavy atom. The van der Waals surface area contributed by atoms with Gasteiger partial charge in [-0.25, -0.2) is 0 Å². The van der Waals surface area contributed by atoms with Gasteiger partial charge >= 0.3 is 0 Å². The minimum atomic E-state index is -2.14. The van der Waals surface area contributed by atoms with Crippen LogP contribution in [0, 0.1) is 5.92 Å². The number of likely N-dealkylation sites (tertiary alicyclic amines) is 1. The Hall–Kier alpha value is -3.13. The van der Waals surface area contributed by atoms with E-state index in [2.05, 4.69) is 18.7 Å². The molecule has 1 fully saturated rings. The van der Waals surface area contributed by atoms with E-state index < -0.39 is 11.1 Å². The minimum Gasteiger partial charge on any atom is -0.772 e. The first-order valence-electron chi connectivity index (χ1n) is 13.1. The van der Waals surface area contributed by atoms with Crippen molar-refractivity contribution in [3.8, 4) is 17.2 Å². The average molecular weight is 533 g/mol. The first kappa shape index (κ1) is 26.5. The van der Waals surface area contributed by atoms with Crippen LogP contribution in [0.25, 0.3) is 11.1 Å². The van der Waals surface area contributed by atoms with Crippen molar-refractivity contribution in [2.75, 3.05) is 19.7 Å². The van der Waals surface area contributed by atoms with Crippen molar-refractivity contribution >= 4 is 22.2 Å². The Morgan fingerprint density at radius 3 is 2.53 bits per heavy atom. The van der Waals surface area contributed by atoms with Gasteiger partial charge in [0, 0.05) is 29.5 Å². The zero-order valence-corrected chi connectivity index (χ0v) is 22.9. The summed E-state index contributed by atoms with van der Waals surface area (Å²) in [5.41, 5.74) is 5.47. The topological polar surface area (TPSA) is 82.1 Å². The second-order valence-corrected chi connectivity index (χ2v) is 11.4. The number of ether oxygens (including phenoxy) is 2. The Kier molecular flexibility index (Phi) is 7.88. The van der Waals surface area contributed by atoms with Gasteiger partial charge in [-0.1, -0.05) is 54.4 Å².